The van der Waals surface area contributed by atoms with Crippen LogP contribution in [-0.2, 0) is 4.79 Å². The van der Waals surface area contributed by atoms with Crippen LogP contribution in [-0.4, -0.2) is 16.7 Å². The van der Waals surface area contributed by atoms with Crippen LogP contribution in [0.5, 0.6) is 0 Å². The van der Waals surface area contributed by atoms with Crippen molar-refractivity contribution in [2.45, 2.75) is 32.1 Å². The number of hydrogen-bond donors (Lipinski definition) is 2. The van der Waals surface area contributed by atoms with E-state index >= 15 is 0 Å². The molecule has 2 N–H and O–H groups in total. The van der Waals surface area contributed by atoms with E-state index in [9.17, 15) is 15.3 Å². The molecule has 1 atom stereocenters. The highest BCUT2D eigenvalue weighted by Gasteiger charge is 2.43. The predicted octanol–water partition coefficient (Wildman–Crippen LogP) is 7.86. The molecule has 6 heteroatoms. The van der Waals surface area contributed by atoms with E-state index in [-0.39, 0.29) is 17.4 Å². The molecule has 35 heavy (non-hydrogen) atoms. The number of halogens is 2. The number of ketones is 1. The lowest BCUT2D eigenvalue weighted by molar-refractivity contribution is -0.116. The van der Waals surface area contributed by atoms with Crippen molar-refractivity contribution in [1.29, 1.82) is 5.41 Å². The number of Topliss-reactive ketones (excluding diaryl/α,β-unsaturated/α-hetero) is 1. The summed E-state index contributed by atoms with van der Waals surface area (Å²) in [7, 11) is 0. The van der Waals surface area contributed by atoms with E-state index in [0.717, 1.165) is 11.3 Å². The second kappa shape index (κ2) is 9.37. The molecule has 0 spiro atoms. The van der Waals surface area contributed by atoms with Crippen molar-refractivity contribution in [1.82, 2.24) is 0 Å². The molecule has 0 aromatic heterocycles. The average Bonchev–Trinajstić information content (AvgIpc) is 2.86. The molecule has 1 unspecified atom stereocenters. The SMILES string of the molecule is Cc1ccc(N2C(=N)/C(=C(/O)c3ccccc3)C(c3ccccc3Cl)C3=C2CCCC3=O)cc1Cl. The smallest absolute Gasteiger partial charge is 0.161 e. The molecule has 5 rings (SSSR count). The first-order valence-electron chi connectivity index (χ1n) is 11.5. The lowest BCUT2D eigenvalue weighted by atomic mass is 9.73. The van der Waals surface area contributed by atoms with Crippen LogP contribution >= 0.6 is 23.2 Å². The van der Waals surface area contributed by atoms with Crippen LogP contribution in [0.15, 0.2) is 89.6 Å². The van der Waals surface area contributed by atoms with Crippen LogP contribution in [0.4, 0.5) is 5.69 Å². The molecule has 0 saturated heterocycles. The largest absolute Gasteiger partial charge is 0.507 e. The zero-order valence-corrected chi connectivity index (χ0v) is 20.7. The first-order valence-corrected chi connectivity index (χ1v) is 12.3. The van der Waals surface area contributed by atoms with Crippen molar-refractivity contribution in [2.24, 2.45) is 0 Å². The first kappa shape index (κ1) is 23.4. The number of rotatable bonds is 3. The summed E-state index contributed by atoms with van der Waals surface area (Å²) in [5.74, 6) is -0.597. The summed E-state index contributed by atoms with van der Waals surface area (Å²) in [6.45, 7) is 1.92. The molecule has 2 aliphatic rings. The highest BCUT2D eigenvalue weighted by Crippen LogP contribution is 2.49. The molecule has 3 aromatic carbocycles. The number of carbonyl (C=O) groups excluding carboxylic acids is 1. The normalized spacial score (nSPS) is 19.6. The van der Waals surface area contributed by atoms with Gasteiger partial charge in [0.15, 0.2) is 5.78 Å². The summed E-state index contributed by atoms with van der Waals surface area (Å²) in [4.78, 5) is 15.3. The zero-order valence-electron chi connectivity index (χ0n) is 19.2. The van der Waals surface area contributed by atoms with Crippen LogP contribution in [0.3, 0.4) is 0 Å². The van der Waals surface area contributed by atoms with E-state index in [1.807, 2.05) is 61.5 Å². The Balaban J connectivity index is 1.85. The van der Waals surface area contributed by atoms with Gasteiger partial charge >= 0.3 is 0 Å². The minimum atomic E-state index is -0.656. The van der Waals surface area contributed by atoms with Gasteiger partial charge in [-0.05, 0) is 49.1 Å². The molecule has 1 aliphatic carbocycles. The molecule has 176 valence electrons. The summed E-state index contributed by atoms with van der Waals surface area (Å²) < 4.78 is 0. The van der Waals surface area contributed by atoms with Crippen LogP contribution in [0.1, 0.15) is 41.9 Å². The van der Waals surface area contributed by atoms with Crippen molar-refractivity contribution in [3.05, 3.63) is 116 Å². The topological polar surface area (TPSA) is 64.4 Å². The van der Waals surface area contributed by atoms with Gasteiger partial charge in [-0.25, -0.2) is 0 Å². The fraction of sp³-hybridized carbons (Fsp3) is 0.172. The standard InChI is InChI=1S/C29H24Cl2N2O2/c1-17-14-15-19(16-22(17)31)33-23-12-7-13-24(34)26(23)25(20-10-5-6-11-21(20)30)27(29(33)32)28(35)18-8-3-2-4-9-18/h2-6,8-11,14-16,25,32,35H,7,12-13H2,1H3/b28-27+,32-29?. The van der Waals surface area contributed by atoms with E-state index in [1.54, 1.807) is 23.1 Å². The summed E-state index contributed by atoms with van der Waals surface area (Å²) in [6, 6.07) is 22.0. The van der Waals surface area contributed by atoms with Crippen LogP contribution in [0.2, 0.25) is 10.0 Å². The minimum absolute atomic E-state index is 0.00485. The fourth-order valence-corrected chi connectivity index (χ4v) is 5.39. The van der Waals surface area contributed by atoms with E-state index in [1.165, 1.54) is 0 Å². The molecular formula is C29H24Cl2N2O2. The molecule has 3 aromatic rings. The number of aryl methyl sites for hydroxylation is 1. The summed E-state index contributed by atoms with van der Waals surface area (Å²) in [6.07, 6.45) is 1.74. The predicted molar refractivity (Wildman–Crippen MR) is 142 cm³/mol. The third-order valence-electron chi connectivity index (χ3n) is 6.69. The monoisotopic (exact) mass is 502 g/mol. The van der Waals surface area contributed by atoms with Gasteiger partial charge in [0, 0.05) is 50.5 Å². The zero-order chi connectivity index (χ0) is 24.7. The van der Waals surface area contributed by atoms with Crippen LogP contribution in [0, 0.1) is 12.3 Å². The van der Waals surface area contributed by atoms with Crippen molar-refractivity contribution in [3.8, 4) is 0 Å². The highest BCUT2D eigenvalue weighted by molar-refractivity contribution is 6.32. The maximum atomic E-state index is 13.5. The van der Waals surface area contributed by atoms with Gasteiger partial charge in [0.25, 0.3) is 0 Å². The van der Waals surface area contributed by atoms with Crippen LogP contribution in [0.25, 0.3) is 5.76 Å². The van der Waals surface area contributed by atoms with Gasteiger partial charge in [-0.3, -0.25) is 15.1 Å². The maximum Gasteiger partial charge on any atom is 0.161 e. The van der Waals surface area contributed by atoms with Gasteiger partial charge in [0.05, 0.1) is 0 Å². The second-order valence-electron chi connectivity index (χ2n) is 8.84. The number of allylic oxidation sites excluding steroid dienone is 2. The number of amidine groups is 1. The van der Waals surface area contributed by atoms with E-state index in [0.29, 0.717) is 57.3 Å². The Hall–Kier alpha value is -3.34. The number of benzene rings is 3. The van der Waals surface area contributed by atoms with E-state index < -0.39 is 5.92 Å². The second-order valence-corrected chi connectivity index (χ2v) is 9.65. The Morgan fingerprint density at radius 2 is 1.69 bits per heavy atom. The third kappa shape index (κ3) is 4.07. The molecule has 0 bridgehead atoms. The molecule has 0 fully saturated rings. The van der Waals surface area contributed by atoms with Gasteiger partial charge in [-0.2, -0.15) is 0 Å². The minimum Gasteiger partial charge on any atom is -0.507 e. The van der Waals surface area contributed by atoms with Gasteiger partial charge in [0.1, 0.15) is 11.6 Å². The lowest BCUT2D eigenvalue weighted by Gasteiger charge is -2.42. The average molecular weight is 503 g/mol. The van der Waals surface area contributed by atoms with Gasteiger partial charge in [-0.1, -0.05) is 77.8 Å². The lowest BCUT2D eigenvalue weighted by Crippen LogP contribution is -2.42. The summed E-state index contributed by atoms with van der Waals surface area (Å²) in [5, 5.41) is 22.0. The number of hydrogen-bond acceptors (Lipinski definition) is 3. The van der Waals surface area contributed by atoms with Crippen molar-refractivity contribution in [2.75, 3.05) is 4.90 Å². The Kier molecular flexibility index (Phi) is 6.26. The molecule has 1 aliphatic heterocycles. The number of aliphatic hydroxyl groups is 1. The summed E-state index contributed by atoms with van der Waals surface area (Å²) >= 11 is 13.1. The van der Waals surface area contributed by atoms with Crippen molar-refractivity contribution < 1.29 is 9.90 Å². The number of carbonyl (C=O) groups is 1. The quantitative estimate of drug-likeness (QED) is 0.358. The highest BCUT2D eigenvalue weighted by atomic mass is 35.5. The Morgan fingerprint density at radius 3 is 2.40 bits per heavy atom. The molecule has 0 saturated carbocycles. The maximum absolute atomic E-state index is 13.5. The van der Waals surface area contributed by atoms with Gasteiger partial charge < -0.3 is 5.11 Å². The number of nitrogens with one attached hydrogen (secondary N) is 1. The van der Waals surface area contributed by atoms with E-state index in [2.05, 4.69) is 0 Å². The molecule has 0 radical (unpaired) electrons. The Labute approximate surface area is 214 Å². The van der Waals surface area contributed by atoms with Crippen molar-refractivity contribution in [3.63, 3.8) is 0 Å². The van der Waals surface area contributed by atoms with Gasteiger partial charge in [0.2, 0.25) is 0 Å². The Morgan fingerprint density at radius 1 is 0.971 bits per heavy atom. The van der Waals surface area contributed by atoms with Crippen LogP contribution < -0.4 is 4.90 Å². The molecule has 4 nitrogen and oxygen atoms in total. The third-order valence-corrected chi connectivity index (χ3v) is 7.44. The summed E-state index contributed by atoms with van der Waals surface area (Å²) in [5.41, 5.74) is 4.55. The molecule has 1 heterocycles. The fourth-order valence-electron chi connectivity index (χ4n) is 4.97. The number of nitrogens with zero attached hydrogens (tertiary/aromatic N) is 1. The first-order chi connectivity index (χ1) is 16.9. The van der Waals surface area contributed by atoms with E-state index in [4.69, 9.17) is 23.2 Å². The molecule has 0 amide bonds. The van der Waals surface area contributed by atoms with Gasteiger partial charge in [-0.15, -0.1) is 0 Å². The number of anilines is 1. The molecular weight excluding hydrogens is 479 g/mol. The Bertz CT molecular complexity index is 1410. The van der Waals surface area contributed by atoms with Crippen molar-refractivity contribution >= 4 is 46.3 Å². The number of aliphatic hydroxyl groups excluding tert-OH is 1.